The predicted octanol–water partition coefficient (Wildman–Crippen LogP) is 2.26. The summed E-state index contributed by atoms with van der Waals surface area (Å²) < 4.78 is 10.9. The molecule has 0 radical (unpaired) electrons. The normalized spacial score (nSPS) is 20.2. The van der Waals surface area contributed by atoms with Crippen LogP contribution in [0.5, 0.6) is 5.75 Å². The van der Waals surface area contributed by atoms with Crippen molar-refractivity contribution in [1.82, 2.24) is 0 Å². The summed E-state index contributed by atoms with van der Waals surface area (Å²) in [6.45, 7) is 4.45. The minimum absolute atomic E-state index is 0.162. The van der Waals surface area contributed by atoms with Crippen molar-refractivity contribution in [3.8, 4) is 5.75 Å². The number of para-hydroxylation sites is 1. The van der Waals surface area contributed by atoms with E-state index < -0.39 is 0 Å². The number of hydrogen-bond donors (Lipinski definition) is 0. The number of esters is 1. The lowest BCUT2D eigenvalue weighted by Crippen LogP contribution is -2.27. The van der Waals surface area contributed by atoms with Gasteiger partial charge in [0.15, 0.2) is 0 Å². The molecule has 1 aromatic rings. The van der Waals surface area contributed by atoms with Crippen LogP contribution >= 0.6 is 0 Å². The van der Waals surface area contributed by atoms with Crippen molar-refractivity contribution >= 4 is 5.97 Å². The standard InChI is InChI=1S/C12H14O3/c1-8(2)11-7-14-10-6-4-3-5-9(10)12(13)15-11/h3-6,8,11H,7H2,1-2H3/t11-/m1/s1. The van der Waals surface area contributed by atoms with Crippen LogP contribution in [0.2, 0.25) is 0 Å². The van der Waals surface area contributed by atoms with E-state index in [0.717, 1.165) is 0 Å². The van der Waals surface area contributed by atoms with Crippen LogP contribution < -0.4 is 4.74 Å². The molecule has 80 valence electrons. The summed E-state index contributed by atoms with van der Waals surface area (Å²) in [7, 11) is 0. The van der Waals surface area contributed by atoms with Gasteiger partial charge in [-0.3, -0.25) is 0 Å². The van der Waals surface area contributed by atoms with E-state index in [9.17, 15) is 4.79 Å². The minimum Gasteiger partial charge on any atom is -0.489 e. The Labute approximate surface area is 89.0 Å². The second-order valence-electron chi connectivity index (χ2n) is 3.99. The molecule has 0 amide bonds. The lowest BCUT2D eigenvalue weighted by molar-refractivity contribution is 0.00952. The predicted molar refractivity (Wildman–Crippen MR) is 56.0 cm³/mol. The number of hydrogen-bond acceptors (Lipinski definition) is 3. The van der Waals surface area contributed by atoms with Crippen LogP contribution in [0.3, 0.4) is 0 Å². The summed E-state index contributed by atoms with van der Waals surface area (Å²) in [6.07, 6.45) is -0.162. The van der Waals surface area contributed by atoms with Crippen LogP contribution in [-0.4, -0.2) is 18.7 Å². The van der Waals surface area contributed by atoms with Gasteiger partial charge < -0.3 is 9.47 Å². The van der Waals surface area contributed by atoms with Crippen molar-refractivity contribution in [2.24, 2.45) is 5.92 Å². The SMILES string of the molecule is CC(C)[C@H]1COc2ccccc2C(=O)O1. The van der Waals surface area contributed by atoms with Crippen molar-refractivity contribution in [3.63, 3.8) is 0 Å². The van der Waals surface area contributed by atoms with E-state index in [-0.39, 0.29) is 18.0 Å². The molecule has 1 atom stereocenters. The topological polar surface area (TPSA) is 35.5 Å². The fraction of sp³-hybridized carbons (Fsp3) is 0.417. The summed E-state index contributed by atoms with van der Waals surface area (Å²) in [5.41, 5.74) is 0.514. The van der Waals surface area contributed by atoms with Gasteiger partial charge in [-0.2, -0.15) is 0 Å². The number of benzene rings is 1. The molecule has 0 spiro atoms. The molecule has 0 saturated heterocycles. The van der Waals surface area contributed by atoms with Gasteiger partial charge in [-0.15, -0.1) is 0 Å². The second-order valence-corrected chi connectivity index (χ2v) is 3.99. The van der Waals surface area contributed by atoms with Gasteiger partial charge in [0, 0.05) is 0 Å². The van der Waals surface area contributed by atoms with Crippen LogP contribution in [0.15, 0.2) is 24.3 Å². The molecule has 0 aliphatic carbocycles. The number of ether oxygens (including phenoxy) is 2. The highest BCUT2D eigenvalue weighted by molar-refractivity contribution is 5.92. The zero-order chi connectivity index (χ0) is 10.8. The molecule has 1 aliphatic heterocycles. The Morgan fingerprint density at radius 3 is 2.80 bits per heavy atom. The summed E-state index contributed by atoms with van der Waals surface area (Å²) in [5.74, 6) is 0.593. The molecule has 0 N–H and O–H groups in total. The van der Waals surface area contributed by atoms with E-state index in [0.29, 0.717) is 17.9 Å². The van der Waals surface area contributed by atoms with Crippen LogP contribution in [-0.2, 0) is 4.74 Å². The average molecular weight is 206 g/mol. The molecular weight excluding hydrogens is 192 g/mol. The van der Waals surface area contributed by atoms with Gasteiger partial charge in [0.2, 0.25) is 0 Å². The molecule has 0 fully saturated rings. The maximum atomic E-state index is 11.7. The van der Waals surface area contributed by atoms with Gasteiger partial charge >= 0.3 is 5.97 Å². The third-order valence-corrected chi connectivity index (χ3v) is 2.51. The quantitative estimate of drug-likeness (QED) is 0.661. The Morgan fingerprint density at radius 2 is 2.07 bits per heavy atom. The van der Waals surface area contributed by atoms with Gasteiger partial charge in [-0.1, -0.05) is 26.0 Å². The van der Waals surface area contributed by atoms with Crippen LogP contribution in [0.4, 0.5) is 0 Å². The number of rotatable bonds is 1. The Balaban J connectivity index is 2.28. The first-order valence-electron chi connectivity index (χ1n) is 5.11. The van der Waals surface area contributed by atoms with Gasteiger partial charge in [-0.25, -0.2) is 4.79 Å². The van der Waals surface area contributed by atoms with Crippen LogP contribution in [0.1, 0.15) is 24.2 Å². The van der Waals surface area contributed by atoms with E-state index in [1.807, 2.05) is 19.9 Å². The Hall–Kier alpha value is -1.51. The number of carbonyl (C=O) groups excluding carboxylic acids is 1. The maximum Gasteiger partial charge on any atom is 0.342 e. The Kier molecular flexibility index (Phi) is 2.62. The van der Waals surface area contributed by atoms with Gasteiger partial charge in [0.25, 0.3) is 0 Å². The number of cyclic esters (lactones) is 1. The number of fused-ring (bicyclic) bond motifs is 1. The third-order valence-electron chi connectivity index (χ3n) is 2.51. The van der Waals surface area contributed by atoms with Crippen molar-refractivity contribution in [2.45, 2.75) is 20.0 Å². The minimum atomic E-state index is -0.290. The van der Waals surface area contributed by atoms with Crippen molar-refractivity contribution in [1.29, 1.82) is 0 Å². The van der Waals surface area contributed by atoms with Crippen molar-refractivity contribution < 1.29 is 14.3 Å². The lowest BCUT2D eigenvalue weighted by Gasteiger charge is -2.17. The van der Waals surface area contributed by atoms with Gasteiger partial charge in [0.05, 0.1) is 0 Å². The molecule has 1 aromatic carbocycles. The highest BCUT2D eigenvalue weighted by Crippen LogP contribution is 2.24. The maximum absolute atomic E-state index is 11.7. The van der Waals surface area contributed by atoms with Crippen LogP contribution in [0.25, 0.3) is 0 Å². The molecule has 1 aliphatic rings. The molecule has 3 heteroatoms. The fourth-order valence-electron chi connectivity index (χ4n) is 1.50. The first-order chi connectivity index (χ1) is 7.18. The first-order valence-corrected chi connectivity index (χ1v) is 5.11. The molecule has 1 heterocycles. The Bertz CT molecular complexity index is 371. The molecule has 15 heavy (non-hydrogen) atoms. The molecule has 0 bridgehead atoms. The molecular formula is C12H14O3. The highest BCUT2D eigenvalue weighted by atomic mass is 16.6. The fourth-order valence-corrected chi connectivity index (χ4v) is 1.50. The van der Waals surface area contributed by atoms with E-state index in [4.69, 9.17) is 9.47 Å². The molecule has 0 saturated carbocycles. The Morgan fingerprint density at radius 1 is 1.33 bits per heavy atom. The lowest BCUT2D eigenvalue weighted by atomic mass is 10.1. The summed E-state index contributed by atoms with van der Waals surface area (Å²) in [4.78, 5) is 11.7. The monoisotopic (exact) mass is 206 g/mol. The molecule has 0 unspecified atom stereocenters. The first kappa shape index (κ1) is 10.0. The smallest absolute Gasteiger partial charge is 0.342 e. The van der Waals surface area contributed by atoms with Crippen molar-refractivity contribution in [3.05, 3.63) is 29.8 Å². The zero-order valence-corrected chi connectivity index (χ0v) is 8.90. The van der Waals surface area contributed by atoms with E-state index in [1.54, 1.807) is 18.2 Å². The average Bonchev–Trinajstić information content (AvgIpc) is 2.39. The van der Waals surface area contributed by atoms with Gasteiger partial charge in [0.1, 0.15) is 24.0 Å². The molecule has 0 aromatic heterocycles. The molecule has 2 rings (SSSR count). The summed E-state index contributed by atoms with van der Waals surface area (Å²) >= 11 is 0. The summed E-state index contributed by atoms with van der Waals surface area (Å²) in [5, 5.41) is 0. The largest absolute Gasteiger partial charge is 0.489 e. The van der Waals surface area contributed by atoms with E-state index >= 15 is 0 Å². The van der Waals surface area contributed by atoms with Gasteiger partial charge in [-0.05, 0) is 18.1 Å². The van der Waals surface area contributed by atoms with E-state index in [2.05, 4.69) is 0 Å². The van der Waals surface area contributed by atoms with Crippen LogP contribution in [0, 0.1) is 5.92 Å². The van der Waals surface area contributed by atoms with E-state index in [1.165, 1.54) is 0 Å². The highest BCUT2D eigenvalue weighted by Gasteiger charge is 2.26. The van der Waals surface area contributed by atoms with Crippen molar-refractivity contribution in [2.75, 3.05) is 6.61 Å². The second kappa shape index (κ2) is 3.93. The third kappa shape index (κ3) is 1.96. The summed E-state index contributed by atoms with van der Waals surface area (Å²) in [6, 6.07) is 7.17. The zero-order valence-electron chi connectivity index (χ0n) is 8.90. The molecule has 3 nitrogen and oxygen atoms in total. The number of carbonyl (C=O) groups is 1.